The molecule has 2 fully saturated rings. The van der Waals surface area contributed by atoms with Crippen LogP contribution in [0.15, 0.2) is 0 Å². The molecule has 3 nitrogen and oxygen atoms in total. The summed E-state index contributed by atoms with van der Waals surface area (Å²) in [6.07, 6.45) is 7.88. The summed E-state index contributed by atoms with van der Waals surface area (Å²) in [5, 5.41) is 7.62. The first kappa shape index (κ1) is 12.1. The van der Waals surface area contributed by atoms with E-state index in [-0.39, 0.29) is 0 Å². The van der Waals surface area contributed by atoms with Gasteiger partial charge in [0, 0.05) is 18.7 Å². The molecular weight excluding hydrogens is 220 g/mol. The van der Waals surface area contributed by atoms with E-state index in [0.29, 0.717) is 18.2 Å². The van der Waals surface area contributed by atoms with Crippen molar-refractivity contribution in [3.63, 3.8) is 0 Å². The predicted molar refractivity (Wildman–Crippen MR) is 69.6 cm³/mol. The Labute approximate surface area is 103 Å². The molecule has 0 heterocycles. The number of thiocarbonyl (C=S) groups is 1. The molecule has 2 aliphatic carbocycles. The minimum Gasteiger partial charge on any atom is -0.378 e. The largest absolute Gasteiger partial charge is 0.378 e. The van der Waals surface area contributed by atoms with Crippen molar-refractivity contribution in [2.45, 2.75) is 63.6 Å². The Kier molecular flexibility index (Phi) is 4.41. The van der Waals surface area contributed by atoms with Crippen LogP contribution in [-0.4, -0.2) is 29.9 Å². The Bertz CT molecular complexity index is 235. The lowest BCUT2D eigenvalue weighted by atomic mass is 9.89. The third-order valence-electron chi connectivity index (χ3n) is 3.52. The summed E-state index contributed by atoms with van der Waals surface area (Å²) in [6.45, 7) is 2.87. The van der Waals surface area contributed by atoms with E-state index in [4.69, 9.17) is 17.0 Å². The first-order chi connectivity index (χ1) is 7.78. The fourth-order valence-corrected chi connectivity index (χ4v) is 2.87. The summed E-state index contributed by atoms with van der Waals surface area (Å²) >= 11 is 5.31. The molecular formula is C12H22N2OS. The van der Waals surface area contributed by atoms with Gasteiger partial charge in [0.1, 0.15) is 0 Å². The van der Waals surface area contributed by atoms with E-state index in [1.807, 2.05) is 6.92 Å². The summed E-state index contributed by atoms with van der Waals surface area (Å²) in [6, 6.07) is 1.14. The van der Waals surface area contributed by atoms with Crippen LogP contribution in [0.25, 0.3) is 0 Å². The molecule has 0 aromatic heterocycles. The lowest BCUT2D eigenvalue weighted by molar-refractivity contribution is -0.00565. The summed E-state index contributed by atoms with van der Waals surface area (Å²) in [5.74, 6) is 0. The van der Waals surface area contributed by atoms with E-state index in [1.54, 1.807) is 0 Å². The molecule has 2 aliphatic rings. The average Bonchev–Trinajstić information content (AvgIpc) is 2.67. The van der Waals surface area contributed by atoms with Crippen molar-refractivity contribution in [1.29, 1.82) is 0 Å². The highest BCUT2D eigenvalue weighted by Crippen LogP contribution is 2.23. The maximum absolute atomic E-state index is 5.52. The summed E-state index contributed by atoms with van der Waals surface area (Å²) < 4.78 is 5.52. The minimum atomic E-state index is 0.455. The van der Waals surface area contributed by atoms with Crippen molar-refractivity contribution in [3.8, 4) is 0 Å². The van der Waals surface area contributed by atoms with Crippen molar-refractivity contribution in [3.05, 3.63) is 0 Å². The van der Waals surface area contributed by atoms with Crippen molar-refractivity contribution < 1.29 is 4.74 Å². The third kappa shape index (κ3) is 3.32. The molecule has 2 N–H and O–H groups in total. The van der Waals surface area contributed by atoms with Gasteiger partial charge in [-0.2, -0.15) is 0 Å². The molecule has 16 heavy (non-hydrogen) atoms. The third-order valence-corrected chi connectivity index (χ3v) is 3.76. The highest BCUT2D eigenvalue weighted by molar-refractivity contribution is 7.80. The van der Waals surface area contributed by atoms with E-state index < -0.39 is 0 Å². The highest BCUT2D eigenvalue weighted by Gasteiger charge is 2.30. The average molecular weight is 242 g/mol. The second kappa shape index (κ2) is 5.82. The molecule has 0 atom stereocenters. The Morgan fingerprint density at radius 3 is 2.44 bits per heavy atom. The van der Waals surface area contributed by atoms with Gasteiger partial charge in [-0.3, -0.25) is 0 Å². The number of ether oxygens (including phenoxy) is 1. The molecule has 0 aliphatic heterocycles. The van der Waals surface area contributed by atoms with Gasteiger partial charge in [-0.05, 0) is 44.8 Å². The Morgan fingerprint density at radius 1 is 1.19 bits per heavy atom. The highest BCUT2D eigenvalue weighted by atomic mass is 32.1. The number of rotatable bonds is 4. The maximum Gasteiger partial charge on any atom is 0.166 e. The van der Waals surface area contributed by atoms with E-state index >= 15 is 0 Å². The molecule has 2 saturated carbocycles. The standard InChI is InChI=1S/C12H22N2OS/c1-2-15-11-7-10(8-11)14-12(16)13-9-5-3-4-6-9/h9-11H,2-8H2,1H3,(H2,13,14,16). The van der Waals surface area contributed by atoms with Gasteiger partial charge in [-0.25, -0.2) is 0 Å². The van der Waals surface area contributed by atoms with Gasteiger partial charge in [0.15, 0.2) is 5.11 Å². The Hall–Kier alpha value is -0.350. The second-order valence-corrected chi connectivity index (χ2v) is 5.25. The Balaban J connectivity index is 1.58. The van der Waals surface area contributed by atoms with Gasteiger partial charge in [0.05, 0.1) is 6.10 Å². The fourth-order valence-electron chi connectivity index (χ4n) is 2.54. The molecule has 0 bridgehead atoms. The van der Waals surface area contributed by atoms with Crippen LogP contribution in [0.2, 0.25) is 0 Å². The topological polar surface area (TPSA) is 33.3 Å². The quantitative estimate of drug-likeness (QED) is 0.738. The fraction of sp³-hybridized carbons (Fsp3) is 0.917. The zero-order valence-electron chi connectivity index (χ0n) is 10.00. The van der Waals surface area contributed by atoms with E-state index in [2.05, 4.69) is 10.6 Å². The lowest BCUT2D eigenvalue weighted by Gasteiger charge is -2.36. The molecule has 0 radical (unpaired) electrons. The van der Waals surface area contributed by atoms with Gasteiger partial charge in [0.25, 0.3) is 0 Å². The molecule has 92 valence electrons. The zero-order valence-corrected chi connectivity index (χ0v) is 10.8. The van der Waals surface area contributed by atoms with Crippen molar-refractivity contribution in [2.75, 3.05) is 6.61 Å². The SMILES string of the molecule is CCOC1CC(NC(=S)NC2CCCC2)C1. The zero-order chi connectivity index (χ0) is 11.4. The van der Waals surface area contributed by atoms with E-state index in [9.17, 15) is 0 Å². The van der Waals surface area contributed by atoms with E-state index in [0.717, 1.165) is 24.6 Å². The van der Waals surface area contributed by atoms with Crippen molar-refractivity contribution in [1.82, 2.24) is 10.6 Å². The van der Waals surface area contributed by atoms with Crippen LogP contribution in [0.3, 0.4) is 0 Å². The van der Waals surface area contributed by atoms with E-state index in [1.165, 1.54) is 25.7 Å². The number of hydrogen-bond acceptors (Lipinski definition) is 2. The molecule has 0 saturated heterocycles. The summed E-state index contributed by atoms with van der Waals surface area (Å²) in [7, 11) is 0. The molecule has 0 amide bonds. The van der Waals surface area contributed by atoms with Gasteiger partial charge < -0.3 is 15.4 Å². The molecule has 0 spiro atoms. The van der Waals surface area contributed by atoms with Crippen molar-refractivity contribution in [2.24, 2.45) is 0 Å². The molecule has 0 aromatic rings. The van der Waals surface area contributed by atoms with Gasteiger partial charge in [0.2, 0.25) is 0 Å². The summed E-state index contributed by atoms with van der Waals surface area (Å²) in [5.41, 5.74) is 0. The van der Waals surface area contributed by atoms with Crippen LogP contribution >= 0.6 is 12.2 Å². The number of hydrogen-bond donors (Lipinski definition) is 2. The second-order valence-electron chi connectivity index (χ2n) is 4.84. The van der Waals surface area contributed by atoms with Gasteiger partial charge >= 0.3 is 0 Å². The molecule has 4 heteroatoms. The smallest absolute Gasteiger partial charge is 0.166 e. The van der Waals surface area contributed by atoms with Crippen LogP contribution in [0.4, 0.5) is 0 Å². The van der Waals surface area contributed by atoms with Crippen LogP contribution < -0.4 is 10.6 Å². The van der Waals surface area contributed by atoms with Crippen LogP contribution in [0.5, 0.6) is 0 Å². The van der Waals surface area contributed by atoms with Crippen LogP contribution in [0.1, 0.15) is 45.4 Å². The minimum absolute atomic E-state index is 0.455. The Morgan fingerprint density at radius 2 is 1.81 bits per heavy atom. The maximum atomic E-state index is 5.52. The first-order valence-electron chi connectivity index (χ1n) is 6.46. The summed E-state index contributed by atoms with van der Waals surface area (Å²) in [4.78, 5) is 0. The van der Waals surface area contributed by atoms with Gasteiger partial charge in [-0.1, -0.05) is 12.8 Å². The predicted octanol–water partition coefficient (Wildman–Crippen LogP) is 1.96. The molecule has 2 rings (SSSR count). The van der Waals surface area contributed by atoms with Crippen LogP contribution in [0, 0.1) is 0 Å². The molecule has 0 unspecified atom stereocenters. The first-order valence-corrected chi connectivity index (χ1v) is 6.87. The van der Waals surface area contributed by atoms with Crippen molar-refractivity contribution >= 4 is 17.3 Å². The van der Waals surface area contributed by atoms with Gasteiger partial charge in [-0.15, -0.1) is 0 Å². The lowest BCUT2D eigenvalue weighted by Crippen LogP contribution is -2.52. The molecule has 0 aromatic carbocycles. The van der Waals surface area contributed by atoms with Crippen LogP contribution in [-0.2, 0) is 4.74 Å². The normalized spacial score (nSPS) is 29.8. The number of nitrogens with one attached hydrogen (secondary N) is 2. The monoisotopic (exact) mass is 242 g/mol.